The van der Waals surface area contributed by atoms with Gasteiger partial charge in [-0.15, -0.1) is 0 Å². The summed E-state index contributed by atoms with van der Waals surface area (Å²) in [7, 11) is 0. The molecule has 6 heteroatoms. The molecule has 0 saturated carbocycles. The van der Waals surface area contributed by atoms with Gasteiger partial charge in [0.05, 0.1) is 11.5 Å². The molecule has 0 aliphatic carbocycles. The standard InChI is InChI=1S/C26H33ClFN3O/c1-21(2)26(20-29,24-6-3-4-7-25(24)27)12-5-13-30-14-16-31(17-15-30)18-19-32-23-10-8-22(28)9-11-23/h3-4,6-11,21H,5,12-19H2,1-2H3. The molecule has 1 aliphatic rings. The Bertz CT molecular complexity index is 891. The maximum Gasteiger partial charge on any atom is 0.123 e. The molecule has 0 aromatic heterocycles. The van der Waals surface area contributed by atoms with Crippen LogP contribution in [-0.2, 0) is 5.41 Å². The third-order valence-electron chi connectivity index (χ3n) is 6.54. The lowest BCUT2D eigenvalue weighted by Crippen LogP contribution is -2.47. The molecule has 1 heterocycles. The second-order valence-corrected chi connectivity index (χ2v) is 9.21. The van der Waals surface area contributed by atoms with Crippen LogP contribution < -0.4 is 4.74 Å². The zero-order chi connectivity index (χ0) is 23.0. The maximum absolute atomic E-state index is 13.0. The highest BCUT2D eigenvalue weighted by Gasteiger charge is 2.37. The van der Waals surface area contributed by atoms with E-state index in [0.29, 0.717) is 17.4 Å². The van der Waals surface area contributed by atoms with Gasteiger partial charge in [-0.25, -0.2) is 4.39 Å². The molecule has 1 atom stereocenters. The molecule has 2 aromatic rings. The summed E-state index contributed by atoms with van der Waals surface area (Å²) in [5, 5.41) is 10.8. The van der Waals surface area contributed by atoms with Crippen molar-refractivity contribution < 1.29 is 9.13 Å². The molecule has 3 rings (SSSR count). The van der Waals surface area contributed by atoms with Gasteiger partial charge in [0.25, 0.3) is 0 Å². The molecule has 2 aromatic carbocycles. The number of nitrogens with zero attached hydrogens (tertiary/aromatic N) is 3. The largest absolute Gasteiger partial charge is 0.492 e. The van der Waals surface area contributed by atoms with E-state index in [4.69, 9.17) is 16.3 Å². The van der Waals surface area contributed by atoms with Crippen LogP contribution in [0, 0.1) is 23.1 Å². The van der Waals surface area contributed by atoms with Gasteiger partial charge < -0.3 is 9.64 Å². The van der Waals surface area contributed by atoms with Crippen LogP contribution in [0.3, 0.4) is 0 Å². The van der Waals surface area contributed by atoms with Crippen LogP contribution >= 0.6 is 11.6 Å². The van der Waals surface area contributed by atoms with Crippen molar-refractivity contribution in [2.24, 2.45) is 5.92 Å². The van der Waals surface area contributed by atoms with Crippen molar-refractivity contribution in [1.29, 1.82) is 5.26 Å². The van der Waals surface area contributed by atoms with Gasteiger partial charge >= 0.3 is 0 Å². The van der Waals surface area contributed by atoms with E-state index in [1.807, 2.05) is 24.3 Å². The van der Waals surface area contributed by atoms with Crippen LogP contribution in [0.1, 0.15) is 32.3 Å². The first-order valence-electron chi connectivity index (χ1n) is 11.4. The van der Waals surface area contributed by atoms with Crippen LogP contribution in [0.4, 0.5) is 4.39 Å². The molecular formula is C26H33ClFN3O. The van der Waals surface area contributed by atoms with Crippen molar-refractivity contribution in [3.63, 3.8) is 0 Å². The average molecular weight is 458 g/mol. The number of benzene rings is 2. The predicted octanol–water partition coefficient (Wildman–Crippen LogP) is 5.37. The van der Waals surface area contributed by atoms with Gasteiger partial charge in [0.2, 0.25) is 0 Å². The Balaban J connectivity index is 1.42. The van der Waals surface area contributed by atoms with Crippen LogP contribution in [0.25, 0.3) is 0 Å². The summed E-state index contributed by atoms with van der Waals surface area (Å²) in [6.07, 6.45) is 1.77. The lowest BCUT2D eigenvalue weighted by atomic mass is 9.70. The number of rotatable bonds is 10. The molecule has 4 nitrogen and oxygen atoms in total. The molecule has 32 heavy (non-hydrogen) atoms. The minimum absolute atomic E-state index is 0.186. The molecule has 0 radical (unpaired) electrons. The van der Waals surface area contributed by atoms with E-state index in [0.717, 1.165) is 57.7 Å². The lowest BCUT2D eigenvalue weighted by molar-refractivity contribution is 0.114. The van der Waals surface area contributed by atoms with E-state index in [9.17, 15) is 9.65 Å². The molecule has 1 saturated heterocycles. The van der Waals surface area contributed by atoms with Gasteiger partial charge in [-0.05, 0) is 61.2 Å². The molecule has 0 bridgehead atoms. The van der Waals surface area contributed by atoms with E-state index >= 15 is 0 Å². The maximum atomic E-state index is 13.0. The Hall–Kier alpha value is -2.13. The topological polar surface area (TPSA) is 39.5 Å². The third kappa shape index (κ3) is 6.22. The fraction of sp³-hybridized carbons (Fsp3) is 0.500. The number of piperazine rings is 1. The molecular weight excluding hydrogens is 425 g/mol. The number of halogens is 2. The summed E-state index contributed by atoms with van der Waals surface area (Å²) in [4.78, 5) is 4.88. The Morgan fingerprint density at radius 1 is 1.03 bits per heavy atom. The molecule has 172 valence electrons. The zero-order valence-corrected chi connectivity index (χ0v) is 19.8. The smallest absolute Gasteiger partial charge is 0.123 e. The number of ether oxygens (including phenoxy) is 1. The van der Waals surface area contributed by atoms with Crippen LogP contribution in [0.2, 0.25) is 5.02 Å². The highest BCUT2D eigenvalue weighted by atomic mass is 35.5. The van der Waals surface area contributed by atoms with Crippen molar-refractivity contribution in [1.82, 2.24) is 9.80 Å². The van der Waals surface area contributed by atoms with Crippen LogP contribution in [0.15, 0.2) is 48.5 Å². The van der Waals surface area contributed by atoms with Gasteiger partial charge in [-0.1, -0.05) is 43.6 Å². The second-order valence-electron chi connectivity index (χ2n) is 8.81. The summed E-state index contributed by atoms with van der Waals surface area (Å²) in [5.74, 6) is 0.640. The quantitative estimate of drug-likeness (QED) is 0.480. The van der Waals surface area contributed by atoms with Gasteiger partial charge in [0.1, 0.15) is 18.2 Å². The molecule has 0 amide bonds. The molecule has 1 unspecified atom stereocenters. The van der Waals surface area contributed by atoms with E-state index in [1.54, 1.807) is 12.1 Å². The average Bonchev–Trinajstić information content (AvgIpc) is 2.80. The lowest BCUT2D eigenvalue weighted by Gasteiger charge is -2.36. The van der Waals surface area contributed by atoms with Gasteiger partial charge in [0, 0.05) is 37.7 Å². The fourth-order valence-corrected chi connectivity index (χ4v) is 4.75. The van der Waals surface area contributed by atoms with Crippen LogP contribution in [-0.4, -0.2) is 55.7 Å². The first-order chi connectivity index (χ1) is 15.4. The minimum atomic E-state index is -0.558. The number of hydrogen-bond acceptors (Lipinski definition) is 4. The summed E-state index contributed by atoms with van der Waals surface area (Å²) < 4.78 is 18.7. The summed E-state index contributed by atoms with van der Waals surface area (Å²) >= 11 is 6.47. The van der Waals surface area contributed by atoms with Crippen molar-refractivity contribution >= 4 is 11.6 Å². The van der Waals surface area contributed by atoms with Gasteiger partial charge in [0.15, 0.2) is 0 Å². The van der Waals surface area contributed by atoms with Crippen molar-refractivity contribution in [3.05, 3.63) is 64.9 Å². The Kier molecular flexibility index (Phi) is 8.92. The zero-order valence-electron chi connectivity index (χ0n) is 19.1. The van der Waals surface area contributed by atoms with Gasteiger partial charge in [-0.2, -0.15) is 5.26 Å². The van der Waals surface area contributed by atoms with E-state index in [1.165, 1.54) is 12.1 Å². The molecule has 0 spiro atoms. The fourth-order valence-electron chi connectivity index (χ4n) is 4.44. The van der Waals surface area contributed by atoms with Gasteiger partial charge in [-0.3, -0.25) is 4.90 Å². The van der Waals surface area contributed by atoms with E-state index < -0.39 is 5.41 Å². The minimum Gasteiger partial charge on any atom is -0.492 e. The SMILES string of the molecule is CC(C)C(C#N)(CCCN1CCN(CCOc2ccc(F)cc2)CC1)c1ccccc1Cl. The third-order valence-corrected chi connectivity index (χ3v) is 6.87. The Morgan fingerprint density at radius 3 is 2.25 bits per heavy atom. The molecule has 0 N–H and O–H groups in total. The molecule has 1 fully saturated rings. The van der Waals surface area contributed by atoms with Crippen molar-refractivity contribution in [3.8, 4) is 11.8 Å². The highest BCUT2D eigenvalue weighted by Crippen LogP contribution is 2.40. The van der Waals surface area contributed by atoms with E-state index in [-0.39, 0.29) is 11.7 Å². The monoisotopic (exact) mass is 457 g/mol. The number of hydrogen-bond donors (Lipinski definition) is 0. The summed E-state index contributed by atoms with van der Waals surface area (Å²) in [6, 6.07) is 16.5. The van der Waals surface area contributed by atoms with E-state index in [2.05, 4.69) is 29.7 Å². The van der Waals surface area contributed by atoms with Crippen molar-refractivity contribution in [2.75, 3.05) is 45.9 Å². The first-order valence-corrected chi connectivity index (χ1v) is 11.8. The Labute approximate surface area is 196 Å². The predicted molar refractivity (Wildman–Crippen MR) is 128 cm³/mol. The second kappa shape index (κ2) is 11.7. The number of nitriles is 1. The van der Waals surface area contributed by atoms with Crippen LogP contribution in [0.5, 0.6) is 5.75 Å². The molecule has 1 aliphatic heterocycles. The highest BCUT2D eigenvalue weighted by molar-refractivity contribution is 6.31. The normalized spacial score (nSPS) is 17.1. The first kappa shape index (κ1) is 24.5. The Morgan fingerprint density at radius 2 is 1.66 bits per heavy atom. The summed E-state index contributed by atoms with van der Waals surface area (Å²) in [6.45, 7) is 10.7. The van der Waals surface area contributed by atoms with Crippen molar-refractivity contribution in [2.45, 2.75) is 32.1 Å². The summed E-state index contributed by atoms with van der Waals surface area (Å²) in [5.41, 5.74) is 0.392.